The fraction of sp³-hybridized carbons (Fsp3) is 0.238. The van der Waals surface area contributed by atoms with Crippen LogP contribution in [-0.4, -0.2) is 35.1 Å². The molecule has 3 heterocycles. The number of hydrogen-bond donors (Lipinski definition) is 1. The molecule has 7 heteroatoms. The number of amides is 2. The van der Waals surface area contributed by atoms with Crippen molar-refractivity contribution < 1.29 is 14.3 Å². The van der Waals surface area contributed by atoms with Gasteiger partial charge < -0.3 is 19.5 Å². The van der Waals surface area contributed by atoms with Crippen molar-refractivity contribution >= 4 is 23.3 Å². The number of nitrogens with one attached hydrogen (secondary N) is 1. The summed E-state index contributed by atoms with van der Waals surface area (Å²) < 4.78 is 6.81. The molecule has 1 aromatic carbocycles. The molecule has 144 valence electrons. The number of esters is 1. The average molecular weight is 395 g/mol. The summed E-state index contributed by atoms with van der Waals surface area (Å²) >= 11 is 1.63. The van der Waals surface area contributed by atoms with Gasteiger partial charge in [-0.1, -0.05) is 24.3 Å². The third-order valence-electron chi connectivity index (χ3n) is 4.87. The molecule has 1 aliphatic rings. The molecule has 28 heavy (non-hydrogen) atoms. The fourth-order valence-electron chi connectivity index (χ4n) is 3.56. The minimum absolute atomic E-state index is 0.146. The molecular weight excluding hydrogens is 374 g/mol. The highest BCUT2D eigenvalue weighted by atomic mass is 32.1. The molecule has 6 nitrogen and oxygen atoms in total. The van der Waals surface area contributed by atoms with Crippen LogP contribution in [0.1, 0.15) is 28.6 Å². The summed E-state index contributed by atoms with van der Waals surface area (Å²) in [6.07, 6.45) is 2.18. The zero-order valence-electron chi connectivity index (χ0n) is 15.5. The predicted molar refractivity (Wildman–Crippen MR) is 108 cm³/mol. The van der Waals surface area contributed by atoms with Crippen LogP contribution in [0, 0.1) is 0 Å². The number of nitrogens with zero attached hydrogens (tertiary/aromatic N) is 2. The first-order chi connectivity index (χ1) is 13.7. The van der Waals surface area contributed by atoms with Gasteiger partial charge in [0.2, 0.25) is 0 Å². The number of aromatic nitrogens is 1. The molecule has 1 aliphatic heterocycles. The molecule has 2 aromatic heterocycles. The van der Waals surface area contributed by atoms with Crippen LogP contribution in [0.25, 0.3) is 5.69 Å². The molecule has 0 fully saturated rings. The Labute approximate surface area is 167 Å². The minimum atomic E-state index is -0.342. The molecular formula is C21H21N3O3S. The molecule has 4 rings (SSSR count). The molecule has 0 saturated carbocycles. The zero-order valence-corrected chi connectivity index (χ0v) is 16.3. The highest BCUT2D eigenvalue weighted by Gasteiger charge is 2.33. The standard InChI is InChI=1S/C21H21N3O3S/c1-27-19(25)10-11-22-21(26)24-14-15-6-2-3-7-16(15)23-12-4-8-17(23)20(24)18-9-5-13-28-18/h2-9,12-13,20H,10-11,14H2,1H3,(H,22,26)/t20-/m0/s1. The van der Waals surface area contributed by atoms with Gasteiger partial charge in [0.05, 0.1) is 31.5 Å². The van der Waals surface area contributed by atoms with Gasteiger partial charge in [0.1, 0.15) is 6.04 Å². The van der Waals surface area contributed by atoms with Crippen molar-refractivity contribution in [2.45, 2.75) is 19.0 Å². The first kappa shape index (κ1) is 18.3. The van der Waals surface area contributed by atoms with Crippen molar-refractivity contribution in [3.63, 3.8) is 0 Å². The van der Waals surface area contributed by atoms with Crippen LogP contribution in [0.2, 0.25) is 0 Å². The molecule has 0 unspecified atom stereocenters. The molecule has 2 amide bonds. The van der Waals surface area contributed by atoms with Gasteiger partial charge in [0.15, 0.2) is 0 Å². The van der Waals surface area contributed by atoms with Gasteiger partial charge in [-0.2, -0.15) is 0 Å². The van der Waals surface area contributed by atoms with Crippen LogP contribution < -0.4 is 5.32 Å². The quantitative estimate of drug-likeness (QED) is 0.685. The number of methoxy groups -OCH3 is 1. The van der Waals surface area contributed by atoms with Gasteiger partial charge in [0, 0.05) is 17.6 Å². The van der Waals surface area contributed by atoms with Crippen molar-refractivity contribution in [2.24, 2.45) is 0 Å². The number of ether oxygens (including phenoxy) is 1. The van der Waals surface area contributed by atoms with Gasteiger partial charge in [-0.15, -0.1) is 11.3 Å². The lowest BCUT2D eigenvalue weighted by molar-refractivity contribution is -0.140. The van der Waals surface area contributed by atoms with E-state index in [4.69, 9.17) is 0 Å². The molecule has 1 atom stereocenters. The average Bonchev–Trinajstić information content (AvgIpc) is 3.38. The number of para-hydroxylation sites is 1. The van der Waals surface area contributed by atoms with E-state index in [1.54, 1.807) is 11.3 Å². The van der Waals surface area contributed by atoms with E-state index in [0.717, 1.165) is 21.8 Å². The van der Waals surface area contributed by atoms with Crippen LogP contribution in [-0.2, 0) is 16.1 Å². The van der Waals surface area contributed by atoms with E-state index < -0.39 is 0 Å². The van der Waals surface area contributed by atoms with Crippen LogP contribution in [0.4, 0.5) is 4.79 Å². The lowest BCUT2D eigenvalue weighted by atomic mass is 10.1. The molecule has 0 bridgehead atoms. The van der Waals surface area contributed by atoms with Gasteiger partial charge in [-0.25, -0.2) is 4.79 Å². The SMILES string of the molecule is COC(=O)CCNC(=O)N1Cc2ccccc2-n2cccc2[C@H]1c1cccs1. The highest BCUT2D eigenvalue weighted by Crippen LogP contribution is 2.38. The fourth-order valence-corrected chi connectivity index (χ4v) is 4.41. The third-order valence-corrected chi connectivity index (χ3v) is 5.80. The Kier molecular flexibility index (Phi) is 5.16. The Balaban J connectivity index is 1.71. The number of rotatable bonds is 4. The summed E-state index contributed by atoms with van der Waals surface area (Å²) in [5.74, 6) is -0.342. The molecule has 0 aliphatic carbocycles. The number of benzene rings is 1. The first-order valence-electron chi connectivity index (χ1n) is 9.09. The zero-order chi connectivity index (χ0) is 19.5. The summed E-state index contributed by atoms with van der Waals surface area (Å²) in [5.41, 5.74) is 3.19. The van der Waals surface area contributed by atoms with Crippen LogP contribution in [0.5, 0.6) is 0 Å². The van der Waals surface area contributed by atoms with E-state index in [1.165, 1.54) is 7.11 Å². The second-order valence-corrected chi connectivity index (χ2v) is 7.51. The number of carbonyl (C=O) groups is 2. The van der Waals surface area contributed by atoms with Crippen molar-refractivity contribution in [3.8, 4) is 5.69 Å². The number of carbonyl (C=O) groups excluding carboxylic acids is 2. The smallest absolute Gasteiger partial charge is 0.318 e. The maximum Gasteiger partial charge on any atom is 0.318 e. The first-order valence-corrected chi connectivity index (χ1v) is 9.97. The van der Waals surface area contributed by atoms with Crippen molar-refractivity contribution in [1.82, 2.24) is 14.8 Å². The summed E-state index contributed by atoms with van der Waals surface area (Å²) in [7, 11) is 1.34. The van der Waals surface area contributed by atoms with Gasteiger partial charge in [-0.05, 0) is 35.2 Å². The minimum Gasteiger partial charge on any atom is -0.469 e. The van der Waals surface area contributed by atoms with Gasteiger partial charge in [0.25, 0.3) is 0 Å². The van der Waals surface area contributed by atoms with Crippen molar-refractivity contribution in [3.05, 3.63) is 76.2 Å². The number of fused-ring (bicyclic) bond motifs is 3. The van der Waals surface area contributed by atoms with E-state index in [9.17, 15) is 9.59 Å². The van der Waals surface area contributed by atoms with Crippen molar-refractivity contribution in [1.29, 1.82) is 0 Å². The Morgan fingerprint density at radius 1 is 1.18 bits per heavy atom. The van der Waals surface area contributed by atoms with E-state index in [1.807, 2.05) is 46.8 Å². The second-order valence-electron chi connectivity index (χ2n) is 6.54. The normalized spacial score (nSPS) is 15.3. The predicted octanol–water partition coefficient (Wildman–Crippen LogP) is 3.72. The largest absolute Gasteiger partial charge is 0.469 e. The summed E-state index contributed by atoms with van der Waals surface area (Å²) in [5, 5.41) is 4.89. The van der Waals surface area contributed by atoms with Crippen LogP contribution in [0.3, 0.4) is 0 Å². The summed E-state index contributed by atoms with van der Waals surface area (Å²) in [6.45, 7) is 0.715. The summed E-state index contributed by atoms with van der Waals surface area (Å²) in [4.78, 5) is 27.4. The van der Waals surface area contributed by atoms with Gasteiger partial charge >= 0.3 is 12.0 Å². The lowest BCUT2D eigenvalue weighted by Crippen LogP contribution is -2.42. The maximum atomic E-state index is 13.1. The topological polar surface area (TPSA) is 63.6 Å². The van der Waals surface area contributed by atoms with Crippen LogP contribution >= 0.6 is 11.3 Å². The molecule has 1 N–H and O–H groups in total. The Morgan fingerprint density at radius 2 is 2.04 bits per heavy atom. The van der Waals surface area contributed by atoms with Crippen molar-refractivity contribution in [2.75, 3.05) is 13.7 Å². The van der Waals surface area contributed by atoms with Crippen LogP contribution in [0.15, 0.2) is 60.1 Å². The number of urea groups is 1. The third kappa shape index (κ3) is 3.41. The van der Waals surface area contributed by atoms with Gasteiger partial charge in [-0.3, -0.25) is 4.79 Å². The second kappa shape index (κ2) is 7.90. The molecule has 0 spiro atoms. The Hall–Kier alpha value is -3.06. The van der Waals surface area contributed by atoms with E-state index in [0.29, 0.717) is 6.54 Å². The van der Waals surface area contributed by atoms with E-state index in [2.05, 4.69) is 32.8 Å². The number of thiophene rings is 1. The molecule has 0 saturated heterocycles. The Bertz CT molecular complexity index is 980. The maximum absolute atomic E-state index is 13.1. The number of hydrogen-bond acceptors (Lipinski definition) is 4. The highest BCUT2D eigenvalue weighted by molar-refractivity contribution is 7.10. The monoisotopic (exact) mass is 395 g/mol. The molecule has 3 aromatic rings. The molecule has 0 radical (unpaired) electrons. The lowest BCUT2D eigenvalue weighted by Gasteiger charge is -2.30. The Morgan fingerprint density at radius 3 is 2.82 bits per heavy atom. The van der Waals surface area contributed by atoms with E-state index >= 15 is 0 Å². The van der Waals surface area contributed by atoms with E-state index in [-0.39, 0.29) is 31.0 Å². The summed E-state index contributed by atoms with van der Waals surface area (Å²) in [6, 6.07) is 15.8.